The second kappa shape index (κ2) is 8.94. The highest BCUT2D eigenvalue weighted by atomic mass is 32.2. The molecule has 0 aliphatic carbocycles. The van der Waals surface area contributed by atoms with E-state index in [4.69, 9.17) is 0 Å². The Morgan fingerprint density at radius 3 is 2.73 bits per heavy atom. The molecular weight excluding hydrogens is 413 g/mol. The van der Waals surface area contributed by atoms with Crippen LogP contribution in [0.2, 0.25) is 0 Å². The Bertz CT molecular complexity index is 910. The van der Waals surface area contributed by atoms with Gasteiger partial charge in [-0.3, -0.25) is 19.5 Å². The third kappa shape index (κ3) is 5.32. The van der Waals surface area contributed by atoms with Gasteiger partial charge in [0, 0.05) is 50.4 Å². The molecule has 0 spiro atoms. The van der Waals surface area contributed by atoms with Crippen molar-refractivity contribution in [1.29, 1.82) is 0 Å². The number of carbonyl (C=O) groups excluding carboxylic acids is 2. The minimum absolute atomic E-state index is 0.0949. The van der Waals surface area contributed by atoms with E-state index < -0.39 is 21.9 Å². The molecule has 0 radical (unpaired) electrons. The summed E-state index contributed by atoms with van der Waals surface area (Å²) in [6.45, 7) is 4.45. The first-order valence-corrected chi connectivity index (χ1v) is 11.8. The number of nitrogens with one attached hydrogen (secondary N) is 2. The van der Waals surface area contributed by atoms with E-state index in [1.165, 1.54) is 18.3 Å². The van der Waals surface area contributed by atoms with Crippen molar-refractivity contribution < 1.29 is 22.4 Å². The van der Waals surface area contributed by atoms with E-state index in [1.54, 1.807) is 18.7 Å². The zero-order chi connectivity index (χ0) is 22.1. The first-order chi connectivity index (χ1) is 14.0. The third-order valence-corrected chi connectivity index (χ3v) is 6.19. The Labute approximate surface area is 176 Å². The Balaban J connectivity index is 1.80. The lowest BCUT2D eigenvalue weighted by atomic mass is 10.0. The van der Waals surface area contributed by atoms with Gasteiger partial charge in [-0.2, -0.15) is 0 Å². The van der Waals surface area contributed by atoms with Crippen LogP contribution in [0.25, 0.3) is 0 Å². The number of halogens is 1. The zero-order valence-electron chi connectivity index (χ0n) is 17.3. The third-order valence-electron chi connectivity index (χ3n) is 5.43. The van der Waals surface area contributed by atoms with Crippen LogP contribution in [0.3, 0.4) is 0 Å². The van der Waals surface area contributed by atoms with Crippen LogP contribution >= 0.6 is 0 Å². The van der Waals surface area contributed by atoms with Crippen LogP contribution in [0.4, 0.5) is 4.39 Å². The molecule has 166 valence electrons. The van der Waals surface area contributed by atoms with Gasteiger partial charge in [0.05, 0.1) is 11.9 Å². The zero-order valence-corrected chi connectivity index (χ0v) is 18.2. The van der Waals surface area contributed by atoms with Gasteiger partial charge in [0.15, 0.2) is 0 Å². The number of rotatable bonds is 7. The summed E-state index contributed by atoms with van der Waals surface area (Å²) >= 11 is 0. The predicted molar refractivity (Wildman–Crippen MR) is 108 cm³/mol. The summed E-state index contributed by atoms with van der Waals surface area (Å²) in [5.74, 6) is -1.06. The summed E-state index contributed by atoms with van der Waals surface area (Å²) in [5.41, 5.74) is 0.225. The number of hydrogen-bond acceptors (Lipinski definition) is 6. The highest BCUT2D eigenvalue weighted by Crippen LogP contribution is 2.27. The van der Waals surface area contributed by atoms with Gasteiger partial charge in [0.25, 0.3) is 0 Å². The van der Waals surface area contributed by atoms with E-state index in [0.29, 0.717) is 13.0 Å². The number of carbonyl (C=O) groups is 2. The van der Waals surface area contributed by atoms with Crippen molar-refractivity contribution in [3.05, 3.63) is 29.8 Å². The Hall–Kier alpha value is -2.11. The molecule has 2 aliphatic rings. The van der Waals surface area contributed by atoms with Gasteiger partial charge in [-0.15, -0.1) is 0 Å². The molecule has 0 unspecified atom stereocenters. The number of sulfonamides is 1. The standard InChI is InChI=1S/C19H28FN5O4S/c1-12(2)18(26)22-8-17-19(27)25-9-13(23-30(3,28)29)7-14(25)10-24(17)11-16-15(20)5-4-6-21-16/h4-6,12-14,17,23H,7-11H2,1-3H3,(H,22,26)/t13-,14-,17-/m0/s1. The molecule has 0 bridgehead atoms. The molecule has 2 amide bonds. The lowest BCUT2D eigenvalue weighted by molar-refractivity contribution is -0.144. The van der Waals surface area contributed by atoms with Crippen LogP contribution in [0, 0.1) is 11.7 Å². The number of piperazine rings is 1. The SMILES string of the molecule is CC(C)C(=O)NC[C@H]1C(=O)N2C[C@@H](NS(C)(=O)=O)C[C@H]2CN1Cc1ncccc1F. The predicted octanol–water partition coefficient (Wildman–Crippen LogP) is -0.304. The molecule has 30 heavy (non-hydrogen) atoms. The lowest BCUT2D eigenvalue weighted by Gasteiger charge is -2.42. The second-order valence-corrected chi connectivity index (χ2v) is 10.0. The van der Waals surface area contributed by atoms with Crippen LogP contribution in [0.5, 0.6) is 0 Å². The summed E-state index contributed by atoms with van der Waals surface area (Å²) in [4.78, 5) is 32.8. The Kier molecular flexibility index (Phi) is 6.73. The number of fused-ring (bicyclic) bond motifs is 1. The number of pyridine rings is 1. The summed E-state index contributed by atoms with van der Waals surface area (Å²) in [6, 6.07) is 1.58. The van der Waals surface area contributed by atoms with E-state index in [9.17, 15) is 22.4 Å². The molecular formula is C19H28FN5O4S. The average Bonchev–Trinajstić information content (AvgIpc) is 3.03. The number of aromatic nitrogens is 1. The first-order valence-electron chi connectivity index (χ1n) is 9.94. The van der Waals surface area contributed by atoms with Crippen molar-refractivity contribution in [1.82, 2.24) is 24.8 Å². The monoisotopic (exact) mass is 441 g/mol. The normalized spacial score (nSPS) is 24.9. The average molecular weight is 442 g/mol. The maximum Gasteiger partial charge on any atom is 0.242 e. The second-order valence-electron chi connectivity index (χ2n) is 8.24. The molecule has 3 atom stereocenters. The van der Waals surface area contributed by atoms with Crippen LogP contribution < -0.4 is 10.0 Å². The molecule has 1 aromatic heterocycles. The number of amides is 2. The highest BCUT2D eigenvalue weighted by Gasteiger charge is 2.46. The van der Waals surface area contributed by atoms with Crippen LogP contribution in [-0.4, -0.2) is 79.0 Å². The van der Waals surface area contributed by atoms with Crippen molar-refractivity contribution in [2.75, 3.05) is 25.9 Å². The molecule has 2 aliphatic heterocycles. The summed E-state index contributed by atoms with van der Waals surface area (Å²) in [6.07, 6.45) is 3.06. The molecule has 1 aromatic rings. The topological polar surface area (TPSA) is 112 Å². The molecule has 3 heterocycles. The van der Waals surface area contributed by atoms with E-state index >= 15 is 0 Å². The summed E-state index contributed by atoms with van der Waals surface area (Å²) < 4.78 is 39.9. The van der Waals surface area contributed by atoms with E-state index in [2.05, 4.69) is 15.0 Å². The maximum atomic E-state index is 14.2. The molecule has 2 saturated heterocycles. The first kappa shape index (κ1) is 22.6. The Morgan fingerprint density at radius 1 is 1.37 bits per heavy atom. The molecule has 2 N–H and O–H groups in total. The molecule has 0 saturated carbocycles. The minimum atomic E-state index is -3.40. The van der Waals surface area contributed by atoms with Crippen LogP contribution in [-0.2, 0) is 26.2 Å². The fourth-order valence-corrected chi connectivity index (χ4v) is 4.79. The Morgan fingerprint density at radius 2 is 2.10 bits per heavy atom. The van der Waals surface area contributed by atoms with Crippen molar-refractivity contribution in [2.24, 2.45) is 5.92 Å². The van der Waals surface area contributed by atoms with Gasteiger partial charge in [0.2, 0.25) is 21.8 Å². The fourth-order valence-electron chi connectivity index (χ4n) is 4.01. The van der Waals surface area contributed by atoms with Crippen LogP contribution in [0.1, 0.15) is 26.0 Å². The van der Waals surface area contributed by atoms with Gasteiger partial charge in [-0.05, 0) is 18.6 Å². The lowest BCUT2D eigenvalue weighted by Crippen LogP contribution is -2.62. The van der Waals surface area contributed by atoms with E-state index in [0.717, 1.165) is 6.26 Å². The molecule has 0 aromatic carbocycles. The van der Waals surface area contributed by atoms with E-state index in [1.807, 2.05) is 4.90 Å². The van der Waals surface area contributed by atoms with Gasteiger partial charge in [-0.1, -0.05) is 13.8 Å². The van der Waals surface area contributed by atoms with E-state index in [-0.39, 0.29) is 55.1 Å². The summed E-state index contributed by atoms with van der Waals surface area (Å²) in [5, 5.41) is 2.79. The minimum Gasteiger partial charge on any atom is -0.354 e. The number of nitrogens with zero attached hydrogens (tertiary/aromatic N) is 3. The van der Waals surface area contributed by atoms with Gasteiger partial charge in [0.1, 0.15) is 11.9 Å². The maximum absolute atomic E-state index is 14.2. The van der Waals surface area contributed by atoms with Crippen molar-refractivity contribution in [3.8, 4) is 0 Å². The molecule has 3 rings (SSSR count). The van der Waals surface area contributed by atoms with Crippen LogP contribution in [0.15, 0.2) is 18.3 Å². The quantitative estimate of drug-likeness (QED) is 0.601. The molecule has 2 fully saturated rings. The van der Waals surface area contributed by atoms with Crippen molar-refractivity contribution in [2.45, 2.75) is 44.9 Å². The van der Waals surface area contributed by atoms with Gasteiger partial charge < -0.3 is 10.2 Å². The van der Waals surface area contributed by atoms with Crippen molar-refractivity contribution in [3.63, 3.8) is 0 Å². The molecule has 9 nitrogen and oxygen atoms in total. The number of hydrogen-bond donors (Lipinski definition) is 2. The highest BCUT2D eigenvalue weighted by molar-refractivity contribution is 7.88. The smallest absolute Gasteiger partial charge is 0.242 e. The molecule has 11 heteroatoms. The van der Waals surface area contributed by atoms with Gasteiger partial charge in [-0.25, -0.2) is 17.5 Å². The van der Waals surface area contributed by atoms with Crippen molar-refractivity contribution >= 4 is 21.8 Å². The largest absolute Gasteiger partial charge is 0.354 e. The summed E-state index contributed by atoms with van der Waals surface area (Å²) in [7, 11) is -3.40. The fraction of sp³-hybridized carbons (Fsp3) is 0.632. The van der Waals surface area contributed by atoms with Gasteiger partial charge >= 0.3 is 0 Å².